The Balaban J connectivity index is 0.00000156. The summed E-state index contributed by atoms with van der Waals surface area (Å²) in [6.07, 6.45) is 4.97. The monoisotopic (exact) mass is 387 g/mol. The Morgan fingerprint density at radius 2 is 1.88 bits per heavy atom. The van der Waals surface area contributed by atoms with E-state index in [-0.39, 0.29) is 36.6 Å². The molecule has 0 saturated carbocycles. The number of carbonyl (C=O) groups excluding carboxylic acids is 1. The molecule has 1 aromatic carbocycles. The Bertz CT molecular complexity index is 518. The summed E-state index contributed by atoms with van der Waals surface area (Å²) in [5, 5.41) is 6.30. The maximum Gasteiger partial charge on any atom is 0.224 e. The second-order valence-corrected chi connectivity index (χ2v) is 7.04. The molecule has 2 N–H and O–H groups in total. The normalized spacial score (nSPS) is 23.4. The zero-order valence-electron chi connectivity index (χ0n) is 15.0. The number of rotatable bonds is 5. The molecular formula is C19H31Cl2N3O. The first kappa shape index (κ1) is 22.2. The van der Waals surface area contributed by atoms with Crippen molar-refractivity contribution >= 4 is 30.7 Å². The van der Waals surface area contributed by atoms with Crippen LogP contribution in [-0.4, -0.2) is 36.5 Å². The van der Waals surface area contributed by atoms with E-state index in [0.29, 0.717) is 12.6 Å². The van der Waals surface area contributed by atoms with E-state index in [1.807, 2.05) is 0 Å². The van der Waals surface area contributed by atoms with Gasteiger partial charge in [-0.1, -0.05) is 30.7 Å². The predicted octanol–water partition coefficient (Wildman–Crippen LogP) is 3.13. The highest BCUT2D eigenvalue weighted by Gasteiger charge is 2.22. The number of nitrogens with one attached hydrogen (secondary N) is 2. The first-order valence-electron chi connectivity index (χ1n) is 9.02. The van der Waals surface area contributed by atoms with Crippen molar-refractivity contribution in [2.75, 3.05) is 19.6 Å². The van der Waals surface area contributed by atoms with Crippen LogP contribution >= 0.6 is 24.8 Å². The van der Waals surface area contributed by atoms with E-state index in [9.17, 15) is 4.79 Å². The van der Waals surface area contributed by atoms with E-state index < -0.39 is 0 Å². The Hall–Kier alpha value is -0.810. The third kappa shape index (κ3) is 6.45. The highest BCUT2D eigenvalue weighted by atomic mass is 35.5. The fourth-order valence-corrected chi connectivity index (χ4v) is 3.60. The molecule has 2 atom stereocenters. The molecule has 2 saturated heterocycles. The van der Waals surface area contributed by atoms with Gasteiger partial charge in [0.05, 0.1) is 5.92 Å². The van der Waals surface area contributed by atoms with Crippen molar-refractivity contribution < 1.29 is 4.79 Å². The molecule has 0 aromatic heterocycles. The van der Waals surface area contributed by atoms with Gasteiger partial charge < -0.3 is 10.6 Å². The van der Waals surface area contributed by atoms with E-state index in [1.165, 1.54) is 36.9 Å². The molecule has 2 heterocycles. The molecule has 3 rings (SSSR count). The molecule has 0 spiro atoms. The molecule has 1 aromatic rings. The van der Waals surface area contributed by atoms with Gasteiger partial charge in [0.2, 0.25) is 5.91 Å². The third-order valence-electron chi connectivity index (χ3n) is 5.25. The van der Waals surface area contributed by atoms with Gasteiger partial charge in [-0.2, -0.15) is 0 Å². The van der Waals surface area contributed by atoms with Crippen LogP contribution in [0, 0.1) is 5.92 Å². The molecule has 6 heteroatoms. The van der Waals surface area contributed by atoms with Crippen LogP contribution < -0.4 is 10.6 Å². The average molecular weight is 388 g/mol. The van der Waals surface area contributed by atoms with Crippen LogP contribution in [0.25, 0.3) is 0 Å². The molecule has 2 unspecified atom stereocenters. The Morgan fingerprint density at radius 3 is 2.52 bits per heavy atom. The van der Waals surface area contributed by atoms with Crippen molar-refractivity contribution in [3.05, 3.63) is 35.4 Å². The molecule has 0 radical (unpaired) electrons. The zero-order chi connectivity index (χ0) is 16.1. The molecule has 2 aliphatic heterocycles. The summed E-state index contributed by atoms with van der Waals surface area (Å²) in [6, 6.07) is 9.41. The van der Waals surface area contributed by atoms with Crippen LogP contribution in [0.2, 0.25) is 0 Å². The first-order valence-corrected chi connectivity index (χ1v) is 9.02. The summed E-state index contributed by atoms with van der Waals surface area (Å²) in [4.78, 5) is 14.6. The molecule has 1 amide bonds. The molecule has 2 aliphatic rings. The lowest BCUT2D eigenvalue weighted by Gasteiger charge is -2.33. The lowest BCUT2D eigenvalue weighted by atomic mass is 10.0. The van der Waals surface area contributed by atoms with Crippen LogP contribution in [0.5, 0.6) is 0 Å². The van der Waals surface area contributed by atoms with Gasteiger partial charge in [0, 0.05) is 25.7 Å². The van der Waals surface area contributed by atoms with Gasteiger partial charge in [-0.3, -0.25) is 9.69 Å². The van der Waals surface area contributed by atoms with Gasteiger partial charge in [0.1, 0.15) is 0 Å². The van der Waals surface area contributed by atoms with Crippen LogP contribution in [0.1, 0.15) is 43.7 Å². The summed E-state index contributed by atoms with van der Waals surface area (Å²) in [5.41, 5.74) is 2.55. The lowest BCUT2D eigenvalue weighted by molar-refractivity contribution is -0.124. The number of hydrogen-bond acceptors (Lipinski definition) is 3. The molecule has 2 fully saturated rings. The Morgan fingerprint density at radius 1 is 1.16 bits per heavy atom. The molecular weight excluding hydrogens is 357 g/mol. The summed E-state index contributed by atoms with van der Waals surface area (Å²) in [5.74, 6) is 0.330. The fraction of sp³-hybridized carbons (Fsp3) is 0.632. The van der Waals surface area contributed by atoms with Crippen molar-refractivity contribution in [3.63, 3.8) is 0 Å². The Labute approximate surface area is 163 Å². The van der Waals surface area contributed by atoms with Gasteiger partial charge in [-0.25, -0.2) is 0 Å². The standard InChI is InChI=1S/C19H29N3O.2ClH/c1-15-4-2-3-11-22(15)14-17-7-5-16(6-8-17)12-21-19(23)18-9-10-20-13-18;;/h5-8,15,18,20H,2-4,9-14H2,1H3,(H,21,23);2*1H. The van der Waals surface area contributed by atoms with Crippen LogP contribution in [0.3, 0.4) is 0 Å². The number of benzene rings is 1. The topological polar surface area (TPSA) is 44.4 Å². The van der Waals surface area contributed by atoms with E-state index in [2.05, 4.69) is 46.7 Å². The van der Waals surface area contributed by atoms with Crippen LogP contribution in [-0.2, 0) is 17.9 Å². The number of likely N-dealkylation sites (tertiary alicyclic amines) is 1. The average Bonchev–Trinajstić information content (AvgIpc) is 3.11. The second kappa shape index (κ2) is 11.0. The van der Waals surface area contributed by atoms with Gasteiger partial charge >= 0.3 is 0 Å². The van der Waals surface area contributed by atoms with E-state index in [0.717, 1.165) is 26.1 Å². The summed E-state index contributed by atoms with van der Waals surface area (Å²) >= 11 is 0. The fourth-order valence-electron chi connectivity index (χ4n) is 3.60. The summed E-state index contributed by atoms with van der Waals surface area (Å²) < 4.78 is 0. The molecule has 4 nitrogen and oxygen atoms in total. The maximum absolute atomic E-state index is 12.0. The molecule has 0 bridgehead atoms. The minimum atomic E-state index is 0. The quantitative estimate of drug-likeness (QED) is 0.815. The second-order valence-electron chi connectivity index (χ2n) is 7.04. The van der Waals surface area contributed by atoms with Gasteiger partial charge in [0.25, 0.3) is 0 Å². The minimum absolute atomic E-state index is 0. The number of amides is 1. The molecule has 0 aliphatic carbocycles. The van der Waals surface area contributed by atoms with Crippen molar-refractivity contribution in [2.45, 2.75) is 51.7 Å². The van der Waals surface area contributed by atoms with E-state index >= 15 is 0 Å². The van der Waals surface area contributed by atoms with Crippen molar-refractivity contribution in [2.24, 2.45) is 5.92 Å². The third-order valence-corrected chi connectivity index (χ3v) is 5.25. The summed E-state index contributed by atoms with van der Waals surface area (Å²) in [7, 11) is 0. The van der Waals surface area contributed by atoms with Gasteiger partial charge in [0.15, 0.2) is 0 Å². The van der Waals surface area contributed by atoms with Crippen molar-refractivity contribution in [1.29, 1.82) is 0 Å². The zero-order valence-corrected chi connectivity index (χ0v) is 16.6. The van der Waals surface area contributed by atoms with Crippen molar-refractivity contribution in [3.8, 4) is 0 Å². The smallest absolute Gasteiger partial charge is 0.224 e. The lowest BCUT2D eigenvalue weighted by Crippen LogP contribution is -2.36. The predicted molar refractivity (Wildman–Crippen MR) is 107 cm³/mol. The van der Waals surface area contributed by atoms with E-state index in [4.69, 9.17) is 0 Å². The highest BCUT2D eigenvalue weighted by molar-refractivity contribution is 5.85. The largest absolute Gasteiger partial charge is 0.352 e. The first-order chi connectivity index (χ1) is 11.2. The number of piperidine rings is 1. The van der Waals surface area contributed by atoms with E-state index in [1.54, 1.807) is 0 Å². The Kier molecular flexibility index (Phi) is 9.80. The summed E-state index contributed by atoms with van der Waals surface area (Å²) in [6.45, 7) is 7.01. The number of nitrogens with zero attached hydrogens (tertiary/aromatic N) is 1. The van der Waals surface area contributed by atoms with Crippen LogP contribution in [0.15, 0.2) is 24.3 Å². The minimum Gasteiger partial charge on any atom is -0.352 e. The van der Waals surface area contributed by atoms with Gasteiger partial charge in [-0.05, 0) is 50.4 Å². The molecule has 142 valence electrons. The maximum atomic E-state index is 12.0. The van der Waals surface area contributed by atoms with Crippen molar-refractivity contribution in [1.82, 2.24) is 15.5 Å². The number of hydrogen-bond donors (Lipinski definition) is 2. The highest BCUT2D eigenvalue weighted by Crippen LogP contribution is 2.19. The number of carbonyl (C=O) groups is 1. The van der Waals surface area contributed by atoms with Crippen LogP contribution in [0.4, 0.5) is 0 Å². The number of halogens is 2. The SMILES string of the molecule is CC1CCCCN1Cc1ccc(CNC(=O)C2CCNC2)cc1.Cl.Cl. The van der Waals surface area contributed by atoms with Gasteiger partial charge in [-0.15, -0.1) is 24.8 Å². The molecule has 25 heavy (non-hydrogen) atoms.